The highest BCUT2D eigenvalue weighted by atomic mass is 16.1. The van der Waals surface area contributed by atoms with Crippen LogP contribution in [0.4, 0.5) is 0 Å². The van der Waals surface area contributed by atoms with Crippen molar-refractivity contribution in [2.75, 3.05) is 0 Å². The summed E-state index contributed by atoms with van der Waals surface area (Å²) in [6, 6.07) is 0. The zero-order valence-electron chi connectivity index (χ0n) is 10.1. The van der Waals surface area contributed by atoms with Crippen molar-refractivity contribution in [1.29, 1.82) is 0 Å². The molecule has 0 radical (unpaired) electrons. The zero-order chi connectivity index (χ0) is 11.5. The van der Waals surface area contributed by atoms with Gasteiger partial charge in [0.15, 0.2) is 0 Å². The Morgan fingerprint density at radius 2 is 1.75 bits per heavy atom. The van der Waals surface area contributed by atoms with Crippen molar-refractivity contribution in [3.05, 3.63) is 36.0 Å². The summed E-state index contributed by atoms with van der Waals surface area (Å²) in [6.45, 7) is 5.83. The summed E-state index contributed by atoms with van der Waals surface area (Å²) in [6.07, 6.45) is 11.6. The van der Waals surface area contributed by atoms with Crippen LogP contribution in [0.15, 0.2) is 36.0 Å². The van der Waals surface area contributed by atoms with Crippen molar-refractivity contribution in [3.63, 3.8) is 0 Å². The van der Waals surface area contributed by atoms with Crippen molar-refractivity contribution >= 4 is 5.78 Å². The number of Topliss-reactive ketones (excluding diaryl/α,β-unsaturated/α-hetero) is 1. The molecule has 0 bridgehead atoms. The smallest absolute Gasteiger partial charge is 0.139 e. The van der Waals surface area contributed by atoms with Gasteiger partial charge in [0.1, 0.15) is 5.78 Å². The van der Waals surface area contributed by atoms with Gasteiger partial charge < -0.3 is 0 Å². The highest BCUT2D eigenvalue weighted by Gasteiger charge is 2.48. The Hall–Kier alpha value is -1.11. The van der Waals surface area contributed by atoms with E-state index in [4.69, 9.17) is 0 Å². The van der Waals surface area contributed by atoms with E-state index in [0.717, 1.165) is 0 Å². The van der Waals surface area contributed by atoms with Crippen molar-refractivity contribution in [2.45, 2.75) is 20.8 Å². The van der Waals surface area contributed by atoms with Gasteiger partial charge in [-0.3, -0.25) is 4.79 Å². The number of hydrogen-bond acceptors (Lipinski definition) is 1. The molecule has 0 unspecified atom stereocenters. The van der Waals surface area contributed by atoms with Gasteiger partial charge in [-0.15, -0.1) is 0 Å². The van der Waals surface area contributed by atoms with Crippen LogP contribution in [-0.4, -0.2) is 5.78 Å². The Morgan fingerprint density at radius 3 is 2.44 bits per heavy atom. The van der Waals surface area contributed by atoms with E-state index in [1.54, 1.807) is 6.92 Å². The van der Waals surface area contributed by atoms with Crippen LogP contribution in [0.5, 0.6) is 0 Å². The Labute approximate surface area is 96.9 Å². The predicted octanol–water partition coefficient (Wildman–Crippen LogP) is 3.15. The van der Waals surface area contributed by atoms with Gasteiger partial charge in [-0.1, -0.05) is 36.0 Å². The predicted molar refractivity (Wildman–Crippen MR) is 64.8 cm³/mol. The molecule has 1 nitrogen and oxygen atoms in total. The van der Waals surface area contributed by atoms with Gasteiger partial charge in [-0.2, -0.15) is 0 Å². The van der Waals surface area contributed by atoms with Crippen LogP contribution in [0.25, 0.3) is 0 Å². The standard InChI is InChI=1S/C15H18O/c1-9(16)15(2,3)13-8-11-5-4-10-6-7-12(13)14(10)11/h4-8,10-12,14H,1-3H3/t10-,11+,12+,14-/m1/s1. The topological polar surface area (TPSA) is 17.1 Å². The van der Waals surface area contributed by atoms with E-state index in [0.29, 0.717) is 23.7 Å². The van der Waals surface area contributed by atoms with Crippen molar-refractivity contribution in [1.82, 2.24) is 0 Å². The minimum Gasteiger partial charge on any atom is -0.299 e. The number of ketones is 1. The molecule has 0 aromatic carbocycles. The Morgan fingerprint density at radius 1 is 1.12 bits per heavy atom. The first-order valence-corrected chi connectivity index (χ1v) is 6.11. The largest absolute Gasteiger partial charge is 0.299 e. The van der Waals surface area contributed by atoms with Crippen LogP contribution < -0.4 is 0 Å². The van der Waals surface area contributed by atoms with Crippen molar-refractivity contribution in [2.24, 2.45) is 29.1 Å². The van der Waals surface area contributed by atoms with Crippen LogP contribution in [0.1, 0.15) is 20.8 Å². The number of carbonyl (C=O) groups is 1. The second-order valence-corrected chi connectivity index (χ2v) is 5.83. The third-order valence-electron chi connectivity index (χ3n) is 4.73. The van der Waals surface area contributed by atoms with E-state index in [1.165, 1.54) is 5.57 Å². The summed E-state index contributed by atoms with van der Waals surface area (Å²) in [5, 5.41) is 0. The van der Waals surface area contributed by atoms with Crippen LogP contribution in [0, 0.1) is 29.1 Å². The fraction of sp³-hybridized carbons (Fsp3) is 0.533. The van der Waals surface area contributed by atoms with E-state index in [-0.39, 0.29) is 11.2 Å². The second-order valence-electron chi connectivity index (χ2n) is 5.83. The van der Waals surface area contributed by atoms with E-state index >= 15 is 0 Å². The average molecular weight is 214 g/mol. The van der Waals surface area contributed by atoms with Crippen LogP contribution in [0.3, 0.4) is 0 Å². The monoisotopic (exact) mass is 214 g/mol. The highest BCUT2D eigenvalue weighted by Crippen LogP contribution is 2.55. The minimum atomic E-state index is -0.290. The van der Waals surface area contributed by atoms with E-state index in [2.05, 4.69) is 44.2 Å². The van der Waals surface area contributed by atoms with E-state index < -0.39 is 0 Å². The molecule has 16 heavy (non-hydrogen) atoms. The Balaban J connectivity index is 2.02. The zero-order valence-corrected chi connectivity index (χ0v) is 10.1. The molecule has 84 valence electrons. The molecule has 0 saturated heterocycles. The van der Waals surface area contributed by atoms with E-state index in [1.807, 2.05) is 0 Å². The average Bonchev–Trinajstić information content (AvgIpc) is 2.85. The summed E-state index contributed by atoms with van der Waals surface area (Å²) in [4.78, 5) is 11.8. The van der Waals surface area contributed by atoms with Crippen molar-refractivity contribution < 1.29 is 4.79 Å². The Kier molecular flexibility index (Phi) is 1.87. The molecule has 0 aromatic rings. The molecule has 3 rings (SSSR count). The maximum Gasteiger partial charge on any atom is 0.139 e. The maximum absolute atomic E-state index is 11.8. The number of allylic oxidation sites excluding steroid dienone is 6. The fourth-order valence-electron chi connectivity index (χ4n) is 3.44. The molecule has 3 aliphatic carbocycles. The lowest BCUT2D eigenvalue weighted by Crippen LogP contribution is -2.27. The van der Waals surface area contributed by atoms with Gasteiger partial charge in [0.2, 0.25) is 0 Å². The van der Waals surface area contributed by atoms with Gasteiger partial charge in [-0.25, -0.2) is 0 Å². The first-order valence-electron chi connectivity index (χ1n) is 6.11. The molecule has 0 aliphatic heterocycles. The van der Waals surface area contributed by atoms with Gasteiger partial charge in [-0.05, 0) is 38.5 Å². The molecule has 0 N–H and O–H groups in total. The first-order chi connectivity index (χ1) is 7.51. The summed E-state index contributed by atoms with van der Waals surface area (Å²) >= 11 is 0. The molecule has 0 saturated carbocycles. The summed E-state index contributed by atoms with van der Waals surface area (Å²) < 4.78 is 0. The number of rotatable bonds is 2. The van der Waals surface area contributed by atoms with Crippen molar-refractivity contribution in [3.8, 4) is 0 Å². The fourth-order valence-corrected chi connectivity index (χ4v) is 3.44. The maximum atomic E-state index is 11.8. The molecule has 4 atom stereocenters. The molecule has 0 spiro atoms. The lowest BCUT2D eigenvalue weighted by Gasteiger charge is -2.28. The SMILES string of the molecule is CC(=O)C(C)(C)C1=C[C@@H]2C=C[C@@H]3C=C[C@@H]1[C@H]32. The summed E-state index contributed by atoms with van der Waals surface area (Å²) in [7, 11) is 0. The van der Waals surface area contributed by atoms with Crippen LogP contribution >= 0.6 is 0 Å². The molecule has 0 heterocycles. The molecule has 3 aliphatic rings. The second kappa shape index (κ2) is 2.97. The normalized spacial score (nSPS) is 39.1. The quantitative estimate of drug-likeness (QED) is 0.645. The van der Waals surface area contributed by atoms with Crippen LogP contribution in [-0.2, 0) is 4.79 Å². The van der Waals surface area contributed by atoms with E-state index in [9.17, 15) is 4.79 Å². The molecule has 0 amide bonds. The lowest BCUT2D eigenvalue weighted by molar-refractivity contribution is -0.123. The molecular weight excluding hydrogens is 196 g/mol. The molecule has 0 aromatic heterocycles. The van der Waals surface area contributed by atoms with Crippen LogP contribution in [0.2, 0.25) is 0 Å². The molecule has 1 heteroatoms. The Bertz CT molecular complexity index is 436. The summed E-state index contributed by atoms with van der Waals surface area (Å²) in [5.74, 6) is 2.65. The van der Waals surface area contributed by atoms with Gasteiger partial charge in [0.25, 0.3) is 0 Å². The first kappa shape index (κ1) is 10.1. The van der Waals surface area contributed by atoms with Gasteiger partial charge >= 0.3 is 0 Å². The molecular formula is C15H18O. The molecule has 0 fully saturated rings. The number of hydrogen-bond donors (Lipinski definition) is 0. The van der Waals surface area contributed by atoms with Gasteiger partial charge in [0, 0.05) is 11.3 Å². The lowest BCUT2D eigenvalue weighted by atomic mass is 9.74. The summed E-state index contributed by atoms with van der Waals surface area (Å²) in [5.41, 5.74) is 1.06. The third kappa shape index (κ3) is 1.09. The third-order valence-corrected chi connectivity index (χ3v) is 4.73. The van der Waals surface area contributed by atoms with Gasteiger partial charge in [0.05, 0.1) is 0 Å². The highest BCUT2D eigenvalue weighted by molar-refractivity contribution is 5.85. The number of carbonyl (C=O) groups excluding carboxylic acids is 1. The minimum absolute atomic E-state index is 0.277.